The minimum Gasteiger partial charge on any atom is -0.450 e. The lowest BCUT2D eigenvalue weighted by atomic mass is 10.1. The van der Waals surface area contributed by atoms with E-state index >= 15 is 0 Å². The highest BCUT2D eigenvalue weighted by molar-refractivity contribution is 5.67. The molecule has 0 radical (unpaired) electrons. The standard InChI is InChI=1S/C14H21NO2/c1-3-4-10-17-14(16)15-12(2)11-13-8-6-5-7-9-13/h5-9,12H,3-4,10-11H2,1-2H3,(H,15,16). The molecule has 0 aromatic heterocycles. The van der Waals surface area contributed by atoms with Gasteiger partial charge in [0, 0.05) is 6.04 Å². The summed E-state index contributed by atoms with van der Waals surface area (Å²) in [6.45, 7) is 4.55. The molecule has 17 heavy (non-hydrogen) atoms. The fourth-order valence-corrected chi connectivity index (χ4v) is 1.57. The summed E-state index contributed by atoms with van der Waals surface area (Å²) < 4.78 is 5.04. The second kappa shape index (κ2) is 7.71. The minimum absolute atomic E-state index is 0.0894. The van der Waals surface area contributed by atoms with Gasteiger partial charge in [-0.1, -0.05) is 43.7 Å². The highest BCUT2D eigenvalue weighted by Gasteiger charge is 2.08. The van der Waals surface area contributed by atoms with E-state index in [1.165, 1.54) is 5.56 Å². The number of carbonyl (C=O) groups excluding carboxylic acids is 1. The molecule has 0 saturated heterocycles. The summed E-state index contributed by atoms with van der Waals surface area (Å²) in [4.78, 5) is 11.4. The van der Waals surface area contributed by atoms with Crippen molar-refractivity contribution in [1.29, 1.82) is 0 Å². The fraction of sp³-hybridized carbons (Fsp3) is 0.500. The molecular formula is C14H21NO2. The van der Waals surface area contributed by atoms with Crippen LogP contribution in [-0.4, -0.2) is 18.7 Å². The Kier molecular flexibility index (Phi) is 6.15. The van der Waals surface area contributed by atoms with E-state index in [0.717, 1.165) is 19.3 Å². The van der Waals surface area contributed by atoms with Crippen LogP contribution in [-0.2, 0) is 11.2 Å². The van der Waals surface area contributed by atoms with Crippen LogP contribution in [0.2, 0.25) is 0 Å². The van der Waals surface area contributed by atoms with Crippen molar-refractivity contribution in [3.05, 3.63) is 35.9 Å². The number of ether oxygens (including phenoxy) is 1. The van der Waals surface area contributed by atoms with E-state index in [1.54, 1.807) is 0 Å². The molecule has 0 heterocycles. The molecule has 3 nitrogen and oxygen atoms in total. The van der Waals surface area contributed by atoms with Crippen molar-refractivity contribution in [3.63, 3.8) is 0 Å². The van der Waals surface area contributed by atoms with Crippen molar-refractivity contribution in [2.24, 2.45) is 0 Å². The molecule has 0 aliphatic rings. The summed E-state index contributed by atoms with van der Waals surface area (Å²) >= 11 is 0. The average molecular weight is 235 g/mol. The van der Waals surface area contributed by atoms with Crippen LogP contribution in [0.15, 0.2) is 30.3 Å². The van der Waals surface area contributed by atoms with Crippen LogP contribution < -0.4 is 5.32 Å². The van der Waals surface area contributed by atoms with Crippen LogP contribution in [0.1, 0.15) is 32.3 Å². The van der Waals surface area contributed by atoms with E-state index in [4.69, 9.17) is 4.74 Å². The Labute approximate surface area is 103 Å². The van der Waals surface area contributed by atoms with Gasteiger partial charge in [0.2, 0.25) is 0 Å². The number of hydrogen-bond acceptors (Lipinski definition) is 2. The highest BCUT2D eigenvalue weighted by atomic mass is 16.5. The maximum Gasteiger partial charge on any atom is 0.407 e. The molecule has 0 bridgehead atoms. The topological polar surface area (TPSA) is 38.3 Å². The number of carbonyl (C=O) groups is 1. The third kappa shape index (κ3) is 5.95. The van der Waals surface area contributed by atoms with Crippen LogP contribution >= 0.6 is 0 Å². The van der Waals surface area contributed by atoms with Gasteiger partial charge in [-0.25, -0.2) is 4.79 Å². The maximum atomic E-state index is 11.4. The Hall–Kier alpha value is -1.51. The lowest BCUT2D eigenvalue weighted by Gasteiger charge is -2.13. The summed E-state index contributed by atoms with van der Waals surface area (Å²) in [6.07, 6.45) is 2.46. The van der Waals surface area contributed by atoms with Crippen molar-refractivity contribution in [2.75, 3.05) is 6.61 Å². The highest BCUT2D eigenvalue weighted by Crippen LogP contribution is 2.02. The van der Waals surface area contributed by atoms with E-state index in [9.17, 15) is 4.79 Å². The van der Waals surface area contributed by atoms with Crippen molar-refractivity contribution < 1.29 is 9.53 Å². The number of hydrogen-bond donors (Lipinski definition) is 1. The van der Waals surface area contributed by atoms with Crippen molar-refractivity contribution in [3.8, 4) is 0 Å². The van der Waals surface area contributed by atoms with Crippen LogP contribution in [0.4, 0.5) is 4.79 Å². The Morgan fingerprint density at radius 1 is 1.35 bits per heavy atom. The van der Waals surface area contributed by atoms with Crippen LogP contribution in [0, 0.1) is 0 Å². The second-order valence-electron chi connectivity index (χ2n) is 4.22. The van der Waals surface area contributed by atoms with Gasteiger partial charge in [-0.2, -0.15) is 0 Å². The summed E-state index contributed by atoms with van der Waals surface area (Å²) in [6, 6.07) is 10.2. The Morgan fingerprint density at radius 2 is 2.06 bits per heavy atom. The zero-order valence-corrected chi connectivity index (χ0v) is 10.6. The molecule has 1 amide bonds. The molecule has 0 spiro atoms. The van der Waals surface area contributed by atoms with Crippen molar-refractivity contribution in [1.82, 2.24) is 5.32 Å². The molecule has 1 N–H and O–H groups in total. The van der Waals surface area contributed by atoms with E-state index in [2.05, 4.69) is 24.4 Å². The molecule has 1 aromatic carbocycles. The largest absolute Gasteiger partial charge is 0.450 e. The average Bonchev–Trinajstić information content (AvgIpc) is 2.30. The number of benzene rings is 1. The predicted octanol–water partition coefficient (Wildman–Crippen LogP) is 3.14. The first-order valence-corrected chi connectivity index (χ1v) is 6.19. The van der Waals surface area contributed by atoms with Crippen LogP contribution in [0.25, 0.3) is 0 Å². The van der Waals surface area contributed by atoms with Crippen LogP contribution in [0.5, 0.6) is 0 Å². The molecule has 1 aromatic rings. The maximum absolute atomic E-state index is 11.4. The molecule has 1 rings (SSSR count). The summed E-state index contributed by atoms with van der Waals surface area (Å²) in [5.74, 6) is 0. The lowest BCUT2D eigenvalue weighted by molar-refractivity contribution is 0.141. The van der Waals surface area contributed by atoms with Gasteiger partial charge in [-0.3, -0.25) is 0 Å². The van der Waals surface area contributed by atoms with Crippen LogP contribution in [0.3, 0.4) is 0 Å². The molecule has 0 saturated carbocycles. The monoisotopic (exact) mass is 235 g/mol. The van der Waals surface area contributed by atoms with E-state index in [0.29, 0.717) is 6.61 Å². The van der Waals surface area contributed by atoms with Crippen molar-refractivity contribution in [2.45, 2.75) is 39.2 Å². The Bertz CT molecular complexity index is 324. The summed E-state index contributed by atoms with van der Waals surface area (Å²) in [5.41, 5.74) is 1.22. The number of amides is 1. The van der Waals surface area contributed by atoms with E-state index in [-0.39, 0.29) is 12.1 Å². The molecule has 1 atom stereocenters. The summed E-state index contributed by atoms with van der Waals surface area (Å²) in [7, 11) is 0. The third-order valence-corrected chi connectivity index (χ3v) is 2.48. The van der Waals surface area contributed by atoms with E-state index in [1.807, 2.05) is 25.1 Å². The fourth-order valence-electron chi connectivity index (χ4n) is 1.57. The van der Waals surface area contributed by atoms with Gasteiger partial charge >= 0.3 is 6.09 Å². The second-order valence-corrected chi connectivity index (χ2v) is 4.22. The molecule has 0 fully saturated rings. The van der Waals surface area contributed by atoms with Gasteiger partial charge in [-0.05, 0) is 25.3 Å². The quantitative estimate of drug-likeness (QED) is 0.769. The molecule has 3 heteroatoms. The van der Waals surface area contributed by atoms with Gasteiger partial charge in [-0.15, -0.1) is 0 Å². The summed E-state index contributed by atoms with van der Waals surface area (Å²) in [5, 5.41) is 2.83. The molecule has 1 unspecified atom stereocenters. The first-order valence-electron chi connectivity index (χ1n) is 6.19. The Balaban J connectivity index is 2.25. The zero-order valence-electron chi connectivity index (χ0n) is 10.6. The molecule has 0 aliphatic heterocycles. The number of nitrogens with one attached hydrogen (secondary N) is 1. The lowest BCUT2D eigenvalue weighted by Crippen LogP contribution is -2.34. The van der Waals surface area contributed by atoms with E-state index < -0.39 is 0 Å². The predicted molar refractivity (Wildman–Crippen MR) is 69.0 cm³/mol. The van der Waals surface area contributed by atoms with Gasteiger partial charge in [0.15, 0.2) is 0 Å². The van der Waals surface area contributed by atoms with Crippen molar-refractivity contribution >= 4 is 6.09 Å². The first-order chi connectivity index (χ1) is 8.22. The molecule has 0 aliphatic carbocycles. The first kappa shape index (κ1) is 13.6. The van der Waals surface area contributed by atoms with Gasteiger partial charge < -0.3 is 10.1 Å². The smallest absolute Gasteiger partial charge is 0.407 e. The zero-order chi connectivity index (χ0) is 12.5. The number of unbranched alkanes of at least 4 members (excludes halogenated alkanes) is 1. The molecule has 94 valence electrons. The normalized spacial score (nSPS) is 11.9. The van der Waals surface area contributed by atoms with Gasteiger partial charge in [0.05, 0.1) is 6.61 Å². The number of rotatable bonds is 6. The Morgan fingerprint density at radius 3 is 2.71 bits per heavy atom. The SMILES string of the molecule is CCCCOC(=O)NC(C)Cc1ccccc1. The third-order valence-electron chi connectivity index (χ3n) is 2.48. The number of alkyl carbamates (subject to hydrolysis) is 1. The van der Waals surface area contributed by atoms with Gasteiger partial charge in [0.25, 0.3) is 0 Å². The van der Waals surface area contributed by atoms with Gasteiger partial charge in [0.1, 0.15) is 0 Å². The minimum atomic E-state index is -0.318. The molecular weight excluding hydrogens is 214 g/mol.